The Bertz CT molecular complexity index is 729. The normalized spacial score (nSPS) is 32.7. The van der Waals surface area contributed by atoms with Gasteiger partial charge in [0.2, 0.25) is 5.56 Å². The van der Waals surface area contributed by atoms with Crippen LogP contribution >= 0.6 is 0 Å². The predicted molar refractivity (Wildman–Crippen MR) is 73.4 cm³/mol. The fourth-order valence-electron chi connectivity index (χ4n) is 4.71. The van der Waals surface area contributed by atoms with Crippen molar-refractivity contribution < 1.29 is 0 Å². The fraction of sp³-hybridized carbons (Fsp3) is 0.533. The Labute approximate surface area is 110 Å². The molecule has 4 heteroatoms. The number of pyridine rings is 1. The summed E-state index contributed by atoms with van der Waals surface area (Å²) in [6.45, 7) is 2.44. The number of aromatic amines is 2. The molecule has 2 aromatic rings. The molecule has 2 aliphatic heterocycles. The molecule has 0 spiro atoms. The molecule has 0 radical (unpaired) electrons. The van der Waals surface area contributed by atoms with Crippen molar-refractivity contribution in [2.45, 2.75) is 31.2 Å². The van der Waals surface area contributed by atoms with Crippen molar-refractivity contribution in [1.82, 2.24) is 14.9 Å². The lowest BCUT2D eigenvalue weighted by molar-refractivity contribution is 0.201. The van der Waals surface area contributed by atoms with Crippen LogP contribution in [0.15, 0.2) is 16.9 Å². The largest absolute Gasteiger partial charge is 0.357 e. The van der Waals surface area contributed by atoms with Gasteiger partial charge in [0, 0.05) is 36.8 Å². The van der Waals surface area contributed by atoms with Crippen LogP contribution in [-0.2, 0) is 6.42 Å². The van der Waals surface area contributed by atoms with Gasteiger partial charge in [-0.25, -0.2) is 0 Å². The van der Waals surface area contributed by atoms with Crippen LogP contribution in [0.1, 0.15) is 30.0 Å². The van der Waals surface area contributed by atoms with Gasteiger partial charge in [-0.15, -0.1) is 0 Å². The number of hydrogen-bond acceptors (Lipinski definition) is 2. The van der Waals surface area contributed by atoms with Gasteiger partial charge in [0.25, 0.3) is 0 Å². The minimum Gasteiger partial charge on any atom is -0.357 e. The average Bonchev–Trinajstić information content (AvgIpc) is 3.05. The summed E-state index contributed by atoms with van der Waals surface area (Å²) in [6, 6.07) is 4.28. The predicted octanol–water partition coefficient (Wildman–Crippen LogP) is 1.59. The average molecular weight is 255 g/mol. The molecule has 0 aromatic carbocycles. The molecule has 98 valence electrons. The Balaban J connectivity index is 1.77. The molecule has 2 fully saturated rings. The molecule has 2 aromatic heterocycles. The van der Waals surface area contributed by atoms with E-state index in [0.29, 0.717) is 5.92 Å². The topological polar surface area (TPSA) is 51.9 Å². The van der Waals surface area contributed by atoms with E-state index in [1.54, 1.807) is 6.07 Å². The maximum absolute atomic E-state index is 11.6. The number of rotatable bonds is 0. The van der Waals surface area contributed by atoms with Crippen LogP contribution in [-0.4, -0.2) is 34.0 Å². The molecular formula is C15H17N3O. The number of hydrogen-bond donors (Lipinski definition) is 2. The summed E-state index contributed by atoms with van der Waals surface area (Å²) in [7, 11) is 0. The lowest BCUT2D eigenvalue weighted by atomic mass is 9.94. The Morgan fingerprint density at radius 3 is 3.05 bits per heavy atom. The molecule has 3 atom stereocenters. The second-order valence-electron chi connectivity index (χ2n) is 6.38. The van der Waals surface area contributed by atoms with E-state index in [2.05, 4.69) is 14.9 Å². The first-order valence-corrected chi connectivity index (χ1v) is 7.27. The Morgan fingerprint density at radius 2 is 2.16 bits per heavy atom. The summed E-state index contributed by atoms with van der Waals surface area (Å²) < 4.78 is 0. The molecule has 19 heavy (non-hydrogen) atoms. The van der Waals surface area contributed by atoms with Crippen molar-refractivity contribution in [2.24, 2.45) is 5.92 Å². The molecule has 3 unspecified atom stereocenters. The van der Waals surface area contributed by atoms with E-state index in [0.717, 1.165) is 36.0 Å². The minimum atomic E-state index is 0.00567. The van der Waals surface area contributed by atoms with Crippen LogP contribution in [0.25, 0.3) is 11.0 Å². The highest BCUT2D eigenvalue weighted by Gasteiger charge is 2.47. The van der Waals surface area contributed by atoms with Gasteiger partial charge in [-0.05, 0) is 36.8 Å². The fourth-order valence-corrected chi connectivity index (χ4v) is 4.71. The Kier molecular flexibility index (Phi) is 1.79. The molecule has 0 amide bonds. The van der Waals surface area contributed by atoms with E-state index < -0.39 is 0 Å². The van der Waals surface area contributed by atoms with Crippen molar-refractivity contribution in [3.63, 3.8) is 0 Å². The standard InChI is InChI=1S/C15H17N3O/c19-13-2-1-11-15(17-13)9-3-4-18-7-8-5-10(12(18)6-8)14(9)16-11/h1-2,8,10,12,16H,3-7H2,(H,17,19). The number of aromatic nitrogens is 2. The van der Waals surface area contributed by atoms with Crippen LogP contribution in [0.3, 0.4) is 0 Å². The number of H-pyrrole nitrogens is 2. The molecule has 1 saturated heterocycles. The SMILES string of the molecule is O=c1ccc2[nH]c3c(c2[nH]1)CCN1CC2CC3C1C2. The van der Waals surface area contributed by atoms with Gasteiger partial charge >= 0.3 is 0 Å². The summed E-state index contributed by atoms with van der Waals surface area (Å²) in [5, 5.41) is 0. The summed E-state index contributed by atoms with van der Waals surface area (Å²) in [6.07, 6.45) is 3.76. The zero-order valence-electron chi connectivity index (χ0n) is 10.8. The third kappa shape index (κ3) is 1.25. The van der Waals surface area contributed by atoms with E-state index in [4.69, 9.17) is 0 Å². The van der Waals surface area contributed by atoms with Crippen molar-refractivity contribution in [3.05, 3.63) is 33.7 Å². The zero-order valence-corrected chi connectivity index (χ0v) is 10.8. The van der Waals surface area contributed by atoms with Gasteiger partial charge in [0.15, 0.2) is 0 Å². The van der Waals surface area contributed by atoms with E-state index >= 15 is 0 Å². The highest BCUT2D eigenvalue weighted by atomic mass is 16.1. The lowest BCUT2D eigenvalue weighted by Gasteiger charge is -2.30. The second kappa shape index (κ2) is 3.31. The van der Waals surface area contributed by atoms with Crippen LogP contribution < -0.4 is 5.56 Å². The van der Waals surface area contributed by atoms with E-state index in [1.165, 1.54) is 30.6 Å². The highest BCUT2D eigenvalue weighted by Crippen LogP contribution is 2.49. The molecule has 1 saturated carbocycles. The van der Waals surface area contributed by atoms with Crippen LogP contribution in [0.5, 0.6) is 0 Å². The summed E-state index contributed by atoms with van der Waals surface area (Å²) in [5.74, 6) is 1.55. The van der Waals surface area contributed by atoms with Crippen LogP contribution in [0, 0.1) is 5.92 Å². The number of nitrogens with one attached hydrogen (secondary N) is 2. The van der Waals surface area contributed by atoms with Gasteiger partial charge in [0.1, 0.15) is 0 Å². The van der Waals surface area contributed by atoms with Gasteiger partial charge in [0.05, 0.1) is 11.0 Å². The van der Waals surface area contributed by atoms with Gasteiger partial charge in [-0.1, -0.05) is 0 Å². The third-order valence-corrected chi connectivity index (χ3v) is 5.42. The van der Waals surface area contributed by atoms with Gasteiger partial charge < -0.3 is 9.97 Å². The van der Waals surface area contributed by atoms with Gasteiger partial charge in [-0.2, -0.15) is 0 Å². The molecule has 4 heterocycles. The van der Waals surface area contributed by atoms with Crippen molar-refractivity contribution in [2.75, 3.05) is 13.1 Å². The number of fused-ring (bicyclic) bond motifs is 5. The molecule has 2 N–H and O–H groups in total. The molecule has 5 rings (SSSR count). The monoisotopic (exact) mass is 255 g/mol. The maximum atomic E-state index is 11.6. The molecule has 1 aliphatic carbocycles. The van der Waals surface area contributed by atoms with E-state index in [-0.39, 0.29) is 5.56 Å². The quantitative estimate of drug-likeness (QED) is 0.751. The molecular weight excluding hydrogens is 238 g/mol. The van der Waals surface area contributed by atoms with Crippen LogP contribution in [0.4, 0.5) is 0 Å². The highest BCUT2D eigenvalue weighted by molar-refractivity contribution is 5.80. The van der Waals surface area contributed by atoms with Crippen LogP contribution in [0.2, 0.25) is 0 Å². The number of nitrogens with zero attached hydrogens (tertiary/aromatic N) is 1. The third-order valence-electron chi connectivity index (χ3n) is 5.42. The van der Waals surface area contributed by atoms with Crippen molar-refractivity contribution in [1.29, 1.82) is 0 Å². The Morgan fingerprint density at radius 1 is 1.21 bits per heavy atom. The van der Waals surface area contributed by atoms with Crippen molar-refractivity contribution >= 4 is 11.0 Å². The molecule has 3 aliphatic rings. The van der Waals surface area contributed by atoms with E-state index in [1.807, 2.05) is 6.07 Å². The first-order valence-electron chi connectivity index (χ1n) is 7.27. The molecule has 4 nitrogen and oxygen atoms in total. The first kappa shape index (κ1) is 10.3. The zero-order chi connectivity index (χ0) is 12.6. The van der Waals surface area contributed by atoms with Crippen molar-refractivity contribution in [3.8, 4) is 0 Å². The minimum absolute atomic E-state index is 0.00567. The first-order chi connectivity index (χ1) is 9.29. The van der Waals surface area contributed by atoms with Gasteiger partial charge in [-0.3, -0.25) is 9.69 Å². The summed E-state index contributed by atoms with van der Waals surface area (Å²) in [5.41, 5.74) is 4.93. The lowest BCUT2D eigenvalue weighted by Crippen LogP contribution is -2.36. The Hall–Kier alpha value is -1.55. The molecule has 2 bridgehead atoms. The summed E-state index contributed by atoms with van der Waals surface area (Å²) >= 11 is 0. The second-order valence-corrected chi connectivity index (χ2v) is 6.38. The summed E-state index contributed by atoms with van der Waals surface area (Å²) in [4.78, 5) is 20.9. The smallest absolute Gasteiger partial charge is 0.248 e. The number of piperidine rings is 1. The maximum Gasteiger partial charge on any atom is 0.248 e. The van der Waals surface area contributed by atoms with E-state index in [9.17, 15) is 4.79 Å².